The van der Waals surface area contributed by atoms with E-state index in [1.54, 1.807) is 4.90 Å². The number of carbonyl (C=O) groups is 2. The molecule has 1 heterocycles. The van der Waals surface area contributed by atoms with Crippen LogP contribution in [-0.2, 0) is 28.5 Å². The molecule has 0 fully saturated rings. The zero-order valence-corrected chi connectivity index (χ0v) is 37.6. The topological polar surface area (TPSA) is 271 Å². The monoisotopic (exact) mass is 901 g/mol. The predicted octanol–water partition coefficient (Wildman–Crippen LogP) is 2.41. The number of nitrogens with zero attached hydrogens (tertiary/aromatic N) is 5. The Balaban J connectivity index is 0.00000199. The number of anilines is 1. The fourth-order valence-electron chi connectivity index (χ4n) is 6.34. The first-order chi connectivity index (χ1) is 30.2. The van der Waals surface area contributed by atoms with E-state index >= 15 is 0 Å². The molecule has 0 bridgehead atoms. The summed E-state index contributed by atoms with van der Waals surface area (Å²) >= 11 is 0. The number of halogens is 1. The van der Waals surface area contributed by atoms with Gasteiger partial charge < -0.3 is 43.6 Å². The number of carbonyl (C=O) groups excluding carboxylic acids is 2. The number of azide groups is 1. The van der Waals surface area contributed by atoms with Crippen molar-refractivity contribution < 1.29 is 66.6 Å². The van der Waals surface area contributed by atoms with Crippen molar-refractivity contribution in [1.29, 1.82) is 0 Å². The Morgan fingerprint density at radius 2 is 1.44 bits per heavy atom. The molecule has 3 N–H and O–H groups in total. The van der Waals surface area contributed by atoms with Crippen LogP contribution in [0.5, 0.6) is 0 Å². The van der Waals surface area contributed by atoms with Crippen LogP contribution in [0.2, 0.25) is 0 Å². The Labute approximate surface area is 369 Å². The Hall–Kier alpha value is -4.89. The van der Waals surface area contributed by atoms with Gasteiger partial charge in [-0.05, 0) is 82.0 Å². The van der Waals surface area contributed by atoms with Crippen LogP contribution < -0.4 is 30.0 Å². The number of rotatable bonds is 26. The van der Waals surface area contributed by atoms with Gasteiger partial charge in [-0.3, -0.25) is 14.6 Å². The highest BCUT2D eigenvalue weighted by atomic mass is 35.7. The van der Waals surface area contributed by atoms with E-state index < -0.39 is 10.2 Å². The third-order valence-corrected chi connectivity index (χ3v) is 9.16. The maximum Gasteiger partial charge on any atom is 0.255 e. The number of amides is 2. The first kappa shape index (κ1) is 52.5. The highest BCUT2D eigenvalue weighted by Crippen LogP contribution is 2.43. The van der Waals surface area contributed by atoms with Crippen molar-refractivity contribution in [1.82, 2.24) is 10.2 Å². The number of fused-ring (bicyclic) bond motifs is 2. The summed E-state index contributed by atoms with van der Waals surface area (Å²) in [6.07, 6.45) is 0. The molecule has 0 aromatic heterocycles. The molecule has 2 aromatic rings. The molecule has 1 aliphatic carbocycles. The molecule has 2 amide bonds. The quantitative estimate of drug-likeness (QED) is 0.0269. The van der Waals surface area contributed by atoms with Crippen LogP contribution >= 0.6 is 0 Å². The van der Waals surface area contributed by atoms with Crippen molar-refractivity contribution in [2.75, 3.05) is 104 Å². The molecule has 0 saturated heterocycles. The van der Waals surface area contributed by atoms with E-state index in [-0.39, 0.29) is 24.4 Å². The van der Waals surface area contributed by atoms with Crippen LogP contribution in [0, 0.1) is 24.1 Å². The minimum absolute atomic E-state index is 0.108. The molecule has 0 unspecified atom stereocenters. The van der Waals surface area contributed by atoms with Crippen LogP contribution in [0.4, 0.5) is 5.69 Å². The lowest BCUT2D eigenvalue weighted by Crippen LogP contribution is -2.58. The van der Waals surface area contributed by atoms with E-state index in [2.05, 4.69) is 51.6 Å². The normalized spacial score (nSPS) is 11.7. The van der Waals surface area contributed by atoms with Gasteiger partial charge in [-0.15, -0.1) is 0 Å². The molecule has 0 radical (unpaired) electrons. The molecule has 63 heavy (non-hydrogen) atoms. The Bertz CT molecular complexity index is 2120. The second-order valence-electron chi connectivity index (χ2n) is 14.1. The molecule has 20 heteroatoms. The van der Waals surface area contributed by atoms with Crippen LogP contribution in [-0.4, -0.2) is 126 Å². The number of hydrogen-bond acceptors (Lipinski definition) is 15. The Morgan fingerprint density at radius 3 is 2.02 bits per heavy atom. The van der Waals surface area contributed by atoms with Gasteiger partial charge in [0.2, 0.25) is 5.91 Å². The zero-order valence-electron chi connectivity index (χ0n) is 36.9. The number of aryl methyl sites for hydroxylation is 2. The number of benzene rings is 3. The van der Waals surface area contributed by atoms with Crippen LogP contribution in [0.15, 0.2) is 63.1 Å². The molecular formula is C43H60ClN7O12. The van der Waals surface area contributed by atoms with Crippen LogP contribution in [0.25, 0.3) is 43.9 Å². The van der Waals surface area contributed by atoms with E-state index in [1.807, 2.05) is 64.1 Å². The van der Waals surface area contributed by atoms with Gasteiger partial charge in [-0.1, -0.05) is 23.3 Å². The summed E-state index contributed by atoms with van der Waals surface area (Å²) < 4.78 is 66.6. The van der Waals surface area contributed by atoms with Gasteiger partial charge in [0, 0.05) is 77.0 Å². The van der Waals surface area contributed by atoms with Gasteiger partial charge in [-0.2, -0.15) is 14.0 Å². The van der Waals surface area contributed by atoms with Crippen LogP contribution in [0.3, 0.4) is 0 Å². The second kappa shape index (κ2) is 28.0. The SMILES string of the molecule is CCN=c1cc2oc3cc(NCC)c(C)cc3c(-c3ccccc3C(=O)N(CC(=O)NCCOCCOCCOCCOCCOCCN=[N+]=[N-])C(C)C)c-2cc1C.[O-][Cl+3]([O-])([O-])O. The molecule has 2 aromatic carbocycles. The average molecular weight is 902 g/mol. The molecule has 0 spiro atoms. The lowest BCUT2D eigenvalue weighted by atomic mass is 9.89. The summed E-state index contributed by atoms with van der Waals surface area (Å²) in [6.45, 7) is 17.9. The van der Waals surface area contributed by atoms with E-state index in [9.17, 15) is 9.59 Å². The smallest absolute Gasteiger partial charge is 0.255 e. The van der Waals surface area contributed by atoms with Gasteiger partial charge in [0.15, 0.2) is 0 Å². The van der Waals surface area contributed by atoms with Crippen molar-refractivity contribution >= 4 is 28.5 Å². The highest BCUT2D eigenvalue weighted by Gasteiger charge is 2.27. The largest absolute Gasteiger partial charge is 0.456 e. The summed E-state index contributed by atoms with van der Waals surface area (Å²) in [5.41, 5.74) is 15.0. The number of hydrogen-bond donors (Lipinski definition) is 3. The second-order valence-corrected chi connectivity index (χ2v) is 14.9. The molecule has 2 aliphatic rings. The van der Waals surface area contributed by atoms with Gasteiger partial charge in [-0.25, -0.2) is 0 Å². The molecule has 19 nitrogen and oxygen atoms in total. The maximum atomic E-state index is 14.5. The van der Waals surface area contributed by atoms with Crippen molar-refractivity contribution in [3.05, 3.63) is 81.0 Å². The van der Waals surface area contributed by atoms with Gasteiger partial charge in [0.25, 0.3) is 5.91 Å². The van der Waals surface area contributed by atoms with Crippen molar-refractivity contribution in [3.63, 3.8) is 0 Å². The standard InChI is InChI=1S/C43H59N7O8.ClHO4/c1-7-45-37-27-39-35(25-31(37)5)42(36-26-32(6)38(46-8-2)28-40(36)58-39)33-11-9-10-12-34(33)43(52)50(30(3)4)29-41(51)47-13-15-53-17-19-55-21-23-57-24-22-56-20-18-54-16-14-48-49-44;2-1(3,4)5/h9-12,25-28,30,45H,7-8,13-24,29H2,1-6H3,(H,47,51);(H,2,3,4,5). The summed E-state index contributed by atoms with van der Waals surface area (Å²) in [5, 5.41) is 11.5. The lowest BCUT2D eigenvalue weighted by molar-refractivity contribution is -1.92. The van der Waals surface area contributed by atoms with Gasteiger partial charge in [0.05, 0.1) is 86.3 Å². The average Bonchev–Trinajstić information content (AvgIpc) is 3.23. The van der Waals surface area contributed by atoms with Crippen molar-refractivity contribution in [2.24, 2.45) is 10.1 Å². The molecule has 1 aliphatic heterocycles. The molecule has 0 atom stereocenters. The fourth-order valence-corrected chi connectivity index (χ4v) is 6.34. The molecule has 4 rings (SSSR count). The van der Waals surface area contributed by atoms with Crippen molar-refractivity contribution in [3.8, 4) is 22.5 Å². The van der Waals surface area contributed by atoms with Gasteiger partial charge in [0.1, 0.15) is 17.9 Å². The van der Waals surface area contributed by atoms with E-state index in [0.29, 0.717) is 103 Å². The first-order valence-electron chi connectivity index (χ1n) is 20.7. The summed E-state index contributed by atoms with van der Waals surface area (Å²) in [7, 11) is -4.69. The number of ether oxygens (including phenoxy) is 5. The van der Waals surface area contributed by atoms with E-state index in [1.165, 1.54) is 0 Å². The fraction of sp³-hybridized carbons (Fsp3) is 0.512. The van der Waals surface area contributed by atoms with Crippen LogP contribution in [0.1, 0.15) is 49.2 Å². The lowest BCUT2D eigenvalue weighted by Gasteiger charge is -2.28. The molecule has 346 valence electrons. The van der Waals surface area contributed by atoms with Gasteiger partial charge >= 0.3 is 0 Å². The zero-order chi connectivity index (χ0) is 46.2. The van der Waals surface area contributed by atoms with E-state index in [0.717, 1.165) is 50.8 Å². The predicted molar refractivity (Wildman–Crippen MR) is 228 cm³/mol. The minimum Gasteiger partial charge on any atom is -0.456 e. The summed E-state index contributed by atoms with van der Waals surface area (Å²) in [5.74, 6) is 0.157. The van der Waals surface area contributed by atoms with E-state index in [4.69, 9.17) is 52.3 Å². The third-order valence-electron chi connectivity index (χ3n) is 9.16. The highest BCUT2D eigenvalue weighted by molar-refractivity contribution is 6.10. The summed E-state index contributed by atoms with van der Waals surface area (Å²) in [4.78, 5) is 36.6. The first-order valence-corrected chi connectivity index (χ1v) is 21.9. The third kappa shape index (κ3) is 18.4. The number of nitrogens with one attached hydrogen (secondary N) is 2. The Morgan fingerprint density at radius 1 is 0.857 bits per heavy atom. The summed E-state index contributed by atoms with van der Waals surface area (Å²) in [6, 6.07) is 15.5. The van der Waals surface area contributed by atoms with Crippen molar-refractivity contribution in [2.45, 2.75) is 47.6 Å². The molecular weight excluding hydrogens is 842 g/mol. The molecule has 0 saturated carbocycles. The maximum absolute atomic E-state index is 14.5. The minimum atomic E-state index is -4.69. The Kier molecular flexibility index (Phi) is 23.3.